The summed E-state index contributed by atoms with van der Waals surface area (Å²) in [7, 11) is 1.69. The Hall–Kier alpha value is -1.38. The van der Waals surface area contributed by atoms with E-state index in [4.69, 9.17) is 10.00 Å². The van der Waals surface area contributed by atoms with Crippen LogP contribution in [-0.2, 0) is 17.8 Å². The van der Waals surface area contributed by atoms with E-state index in [0.717, 1.165) is 31.7 Å². The molecule has 1 aromatic heterocycles. The largest absolute Gasteiger partial charge is 0.383 e. The molecular weight excluding hydrogens is 204 g/mol. The molecule has 0 aliphatic carbocycles. The van der Waals surface area contributed by atoms with Crippen molar-refractivity contribution >= 4 is 0 Å². The van der Waals surface area contributed by atoms with Crippen molar-refractivity contribution in [3.63, 3.8) is 0 Å². The van der Waals surface area contributed by atoms with Gasteiger partial charge in [-0.3, -0.25) is 0 Å². The van der Waals surface area contributed by atoms with E-state index in [2.05, 4.69) is 16.4 Å². The number of nitriles is 1. The molecule has 0 amide bonds. The molecule has 0 saturated carbocycles. The molecule has 0 bridgehead atoms. The molecule has 0 atom stereocenters. The van der Waals surface area contributed by atoms with Crippen LogP contribution in [0.3, 0.4) is 0 Å². The van der Waals surface area contributed by atoms with Crippen LogP contribution in [0.15, 0.2) is 12.5 Å². The van der Waals surface area contributed by atoms with Crippen LogP contribution < -0.4 is 5.32 Å². The number of unbranched alkanes of at least 4 members (excludes halogenated alkanes) is 1. The third-order valence-electron chi connectivity index (χ3n) is 2.18. The molecule has 88 valence electrons. The van der Waals surface area contributed by atoms with Gasteiger partial charge in [-0.25, -0.2) is 4.98 Å². The Morgan fingerprint density at radius 2 is 2.50 bits per heavy atom. The molecule has 1 rings (SSSR count). The highest BCUT2D eigenvalue weighted by Crippen LogP contribution is 1.98. The number of hydrogen-bond donors (Lipinski definition) is 1. The van der Waals surface area contributed by atoms with Crippen LogP contribution in [0, 0.1) is 11.3 Å². The Morgan fingerprint density at radius 1 is 1.62 bits per heavy atom. The molecule has 1 aromatic rings. The van der Waals surface area contributed by atoms with Crippen molar-refractivity contribution in [3.05, 3.63) is 18.2 Å². The fourth-order valence-electron chi connectivity index (χ4n) is 1.35. The second kappa shape index (κ2) is 7.85. The van der Waals surface area contributed by atoms with Crippen LogP contribution in [0.1, 0.15) is 18.5 Å². The van der Waals surface area contributed by atoms with E-state index in [1.165, 1.54) is 0 Å². The van der Waals surface area contributed by atoms with Crippen molar-refractivity contribution in [1.29, 1.82) is 5.26 Å². The van der Waals surface area contributed by atoms with Gasteiger partial charge in [0.2, 0.25) is 0 Å². The van der Waals surface area contributed by atoms with Gasteiger partial charge in [-0.15, -0.1) is 0 Å². The number of aryl methyl sites for hydroxylation is 1. The molecule has 0 aliphatic heterocycles. The summed E-state index contributed by atoms with van der Waals surface area (Å²) in [6.45, 7) is 3.16. The number of hydrogen-bond acceptors (Lipinski definition) is 4. The lowest BCUT2D eigenvalue weighted by atomic mass is 10.3. The van der Waals surface area contributed by atoms with Crippen molar-refractivity contribution in [2.45, 2.75) is 25.9 Å². The number of imidazole rings is 1. The highest BCUT2D eigenvalue weighted by molar-refractivity contribution is 4.96. The standard InChI is InChI=1S/C11H18N4O/c1-16-7-5-13-8-11-9-15(10-14-11)6-3-2-4-12/h9-10,13H,2-3,5-8H2,1H3. The van der Waals surface area contributed by atoms with Gasteiger partial charge in [0.1, 0.15) is 0 Å². The van der Waals surface area contributed by atoms with Crippen molar-refractivity contribution in [3.8, 4) is 6.07 Å². The summed E-state index contributed by atoms with van der Waals surface area (Å²) in [6, 6.07) is 2.13. The summed E-state index contributed by atoms with van der Waals surface area (Å²) >= 11 is 0. The Labute approximate surface area is 96.0 Å². The van der Waals surface area contributed by atoms with Gasteiger partial charge in [-0.1, -0.05) is 0 Å². The zero-order chi connectivity index (χ0) is 11.6. The summed E-state index contributed by atoms with van der Waals surface area (Å²) in [6.07, 6.45) is 5.30. The van der Waals surface area contributed by atoms with E-state index < -0.39 is 0 Å². The Bertz CT molecular complexity index is 329. The van der Waals surface area contributed by atoms with E-state index in [0.29, 0.717) is 13.0 Å². The van der Waals surface area contributed by atoms with Crippen molar-refractivity contribution < 1.29 is 4.74 Å². The SMILES string of the molecule is COCCNCc1cn(CCCC#N)cn1. The fraction of sp³-hybridized carbons (Fsp3) is 0.636. The molecule has 1 heterocycles. The molecule has 16 heavy (non-hydrogen) atoms. The fourth-order valence-corrected chi connectivity index (χ4v) is 1.35. The highest BCUT2D eigenvalue weighted by Gasteiger charge is 1.98. The average Bonchev–Trinajstić information content (AvgIpc) is 2.73. The second-order valence-corrected chi connectivity index (χ2v) is 3.53. The first kappa shape index (κ1) is 12.7. The molecule has 0 unspecified atom stereocenters. The predicted molar refractivity (Wildman–Crippen MR) is 60.7 cm³/mol. The minimum atomic E-state index is 0.597. The molecule has 0 radical (unpaired) electrons. The summed E-state index contributed by atoms with van der Waals surface area (Å²) in [4.78, 5) is 4.27. The van der Waals surface area contributed by atoms with Gasteiger partial charge in [0.15, 0.2) is 0 Å². The quantitative estimate of drug-likeness (QED) is 0.664. The summed E-state index contributed by atoms with van der Waals surface area (Å²) in [5.41, 5.74) is 1.02. The molecule has 0 fully saturated rings. The van der Waals surface area contributed by atoms with E-state index in [1.54, 1.807) is 7.11 Å². The Morgan fingerprint density at radius 3 is 3.25 bits per heavy atom. The topological polar surface area (TPSA) is 62.9 Å². The highest BCUT2D eigenvalue weighted by atomic mass is 16.5. The molecule has 1 N–H and O–H groups in total. The molecule has 5 nitrogen and oxygen atoms in total. The number of ether oxygens (including phenoxy) is 1. The van der Waals surface area contributed by atoms with Crippen molar-refractivity contribution in [2.24, 2.45) is 0 Å². The lowest BCUT2D eigenvalue weighted by molar-refractivity contribution is 0.199. The van der Waals surface area contributed by atoms with Gasteiger partial charge >= 0.3 is 0 Å². The monoisotopic (exact) mass is 222 g/mol. The third kappa shape index (κ3) is 4.91. The van der Waals surface area contributed by atoms with E-state index in [1.807, 2.05) is 17.1 Å². The number of rotatable bonds is 8. The Balaban J connectivity index is 2.20. The molecule has 0 spiro atoms. The number of nitrogens with zero attached hydrogens (tertiary/aromatic N) is 3. The normalized spacial score (nSPS) is 10.2. The van der Waals surface area contributed by atoms with Gasteiger partial charge in [0.25, 0.3) is 0 Å². The van der Waals surface area contributed by atoms with Crippen molar-refractivity contribution in [1.82, 2.24) is 14.9 Å². The van der Waals surface area contributed by atoms with Crippen LogP contribution in [0.2, 0.25) is 0 Å². The summed E-state index contributed by atoms with van der Waals surface area (Å²) in [5.74, 6) is 0. The van der Waals surface area contributed by atoms with Crippen LogP contribution in [-0.4, -0.2) is 29.8 Å². The molecular formula is C11H18N4O. The third-order valence-corrected chi connectivity index (χ3v) is 2.18. The van der Waals surface area contributed by atoms with Crippen LogP contribution >= 0.6 is 0 Å². The first-order chi connectivity index (χ1) is 7.86. The predicted octanol–water partition coefficient (Wildman–Crippen LogP) is 0.923. The maximum Gasteiger partial charge on any atom is 0.0949 e. The molecule has 0 aliphatic rings. The van der Waals surface area contributed by atoms with Gasteiger partial charge in [0.05, 0.1) is 24.7 Å². The van der Waals surface area contributed by atoms with E-state index in [-0.39, 0.29) is 0 Å². The minimum absolute atomic E-state index is 0.597. The average molecular weight is 222 g/mol. The zero-order valence-corrected chi connectivity index (χ0v) is 9.65. The van der Waals surface area contributed by atoms with Gasteiger partial charge < -0.3 is 14.6 Å². The molecule has 0 saturated heterocycles. The van der Waals surface area contributed by atoms with E-state index >= 15 is 0 Å². The van der Waals surface area contributed by atoms with E-state index in [9.17, 15) is 0 Å². The summed E-state index contributed by atoms with van der Waals surface area (Å²) < 4.78 is 6.95. The van der Waals surface area contributed by atoms with Gasteiger partial charge in [-0.2, -0.15) is 5.26 Å². The maximum atomic E-state index is 8.42. The number of nitrogens with one attached hydrogen (secondary N) is 1. The maximum absolute atomic E-state index is 8.42. The molecule has 0 aromatic carbocycles. The Kier molecular flexibility index (Phi) is 6.23. The molecule has 5 heteroatoms. The van der Waals surface area contributed by atoms with Crippen LogP contribution in [0.4, 0.5) is 0 Å². The number of methoxy groups -OCH3 is 1. The number of aromatic nitrogens is 2. The minimum Gasteiger partial charge on any atom is -0.383 e. The zero-order valence-electron chi connectivity index (χ0n) is 9.65. The first-order valence-corrected chi connectivity index (χ1v) is 5.44. The first-order valence-electron chi connectivity index (χ1n) is 5.44. The lowest BCUT2D eigenvalue weighted by Crippen LogP contribution is -2.18. The van der Waals surface area contributed by atoms with Gasteiger partial charge in [-0.05, 0) is 6.42 Å². The summed E-state index contributed by atoms with van der Waals surface area (Å²) in [5, 5.41) is 11.6. The van der Waals surface area contributed by atoms with Crippen LogP contribution in [0.25, 0.3) is 0 Å². The van der Waals surface area contributed by atoms with Gasteiger partial charge in [0, 0.05) is 39.4 Å². The lowest BCUT2D eigenvalue weighted by Gasteiger charge is -2.00. The van der Waals surface area contributed by atoms with Crippen LogP contribution in [0.5, 0.6) is 0 Å². The van der Waals surface area contributed by atoms with Crippen molar-refractivity contribution in [2.75, 3.05) is 20.3 Å². The second-order valence-electron chi connectivity index (χ2n) is 3.53. The smallest absolute Gasteiger partial charge is 0.0949 e.